The average Bonchev–Trinajstić information content (AvgIpc) is 2.94. The number of methoxy groups -OCH3 is 1. The van der Waals surface area contributed by atoms with Gasteiger partial charge in [-0.05, 0) is 18.2 Å². The Hall–Kier alpha value is -2.48. The highest BCUT2D eigenvalue weighted by atomic mass is 32.1. The van der Waals surface area contributed by atoms with Crippen LogP contribution < -0.4 is 10.1 Å². The number of nitrogens with one attached hydrogen (secondary N) is 1. The number of aromatic nitrogens is 1. The third-order valence-corrected chi connectivity index (χ3v) is 3.43. The van der Waals surface area contributed by atoms with E-state index in [1.54, 1.807) is 0 Å². The molecule has 8 heteroatoms. The first-order valence-corrected chi connectivity index (χ1v) is 6.68. The van der Waals surface area contributed by atoms with Crippen molar-refractivity contribution in [2.45, 2.75) is 6.54 Å². The van der Waals surface area contributed by atoms with E-state index in [9.17, 15) is 14.0 Å². The molecular weight excluding hydrogens is 299 g/mol. The second kappa shape index (κ2) is 6.31. The first-order valence-electron chi connectivity index (χ1n) is 5.80. The molecule has 110 valence electrons. The Morgan fingerprint density at radius 1 is 1.48 bits per heavy atom. The molecule has 0 unspecified atom stereocenters. The van der Waals surface area contributed by atoms with Crippen LogP contribution in [-0.2, 0) is 6.54 Å². The summed E-state index contributed by atoms with van der Waals surface area (Å²) >= 11 is 1.13. The summed E-state index contributed by atoms with van der Waals surface area (Å²) in [6, 6.07) is 3.76. The number of carbonyl (C=O) groups is 2. The fraction of sp³-hybridized carbons (Fsp3) is 0.154. The number of aromatic carboxylic acids is 1. The Bertz CT molecular complexity index is 687. The first kappa shape index (κ1) is 14.9. The van der Waals surface area contributed by atoms with Crippen molar-refractivity contribution in [2.75, 3.05) is 7.11 Å². The van der Waals surface area contributed by atoms with Gasteiger partial charge in [-0.1, -0.05) is 0 Å². The van der Waals surface area contributed by atoms with Crippen molar-refractivity contribution in [3.63, 3.8) is 0 Å². The molecule has 2 aromatic rings. The second-order valence-electron chi connectivity index (χ2n) is 3.96. The quantitative estimate of drug-likeness (QED) is 0.881. The molecule has 2 rings (SSSR count). The highest BCUT2D eigenvalue weighted by Crippen LogP contribution is 2.18. The molecule has 0 radical (unpaired) electrons. The highest BCUT2D eigenvalue weighted by molar-refractivity contribution is 7.09. The number of thiazole rings is 1. The Morgan fingerprint density at radius 2 is 2.24 bits per heavy atom. The van der Waals surface area contributed by atoms with Crippen LogP contribution in [0.15, 0.2) is 23.6 Å². The maximum Gasteiger partial charge on any atom is 0.355 e. The zero-order chi connectivity index (χ0) is 15.4. The minimum absolute atomic E-state index is 0.0231. The van der Waals surface area contributed by atoms with Gasteiger partial charge in [0.25, 0.3) is 5.91 Å². The van der Waals surface area contributed by atoms with Gasteiger partial charge in [-0.3, -0.25) is 4.79 Å². The molecule has 1 amide bonds. The number of amides is 1. The third-order valence-electron chi connectivity index (χ3n) is 2.58. The van der Waals surface area contributed by atoms with Gasteiger partial charge >= 0.3 is 5.97 Å². The molecule has 0 aliphatic carbocycles. The SMILES string of the molecule is COc1cc(C(=O)NCc2nc(C(=O)O)cs2)ccc1F. The van der Waals surface area contributed by atoms with E-state index in [1.807, 2.05) is 0 Å². The third kappa shape index (κ3) is 3.54. The van der Waals surface area contributed by atoms with Crippen molar-refractivity contribution >= 4 is 23.2 Å². The van der Waals surface area contributed by atoms with Crippen LogP contribution in [-0.4, -0.2) is 29.1 Å². The maximum absolute atomic E-state index is 13.2. The molecule has 1 heterocycles. The summed E-state index contributed by atoms with van der Waals surface area (Å²) in [5.41, 5.74) is 0.177. The van der Waals surface area contributed by atoms with Crippen LogP contribution in [0.1, 0.15) is 25.9 Å². The van der Waals surface area contributed by atoms with Crippen molar-refractivity contribution in [1.82, 2.24) is 10.3 Å². The number of ether oxygens (including phenoxy) is 1. The lowest BCUT2D eigenvalue weighted by molar-refractivity contribution is 0.0691. The lowest BCUT2D eigenvalue weighted by atomic mass is 10.2. The van der Waals surface area contributed by atoms with Crippen molar-refractivity contribution in [2.24, 2.45) is 0 Å². The van der Waals surface area contributed by atoms with Crippen LogP contribution in [0.25, 0.3) is 0 Å². The number of carboxylic acids is 1. The average molecular weight is 310 g/mol. The summed E-state index contributed by atoms with van der Waals surface area (Å²) in [5, 5.41) is 13.2. The van der Waals surface area contributed by atoms with Gasteiger partial charge in [0.2, 0.25) is 0 Å². The van der Waals surface area contributed by atoms with Crippen LogP contribution in [0.5, 0.6) is 5.75 Å². The Morgan fingerprint density at radius 3 is 2.86 bits per heavy atom. The number of rotatable bonds is 5. The topological polar surface area (TPSA) is 88.5 Å². The molecule has 0 spiro atoms. The maximum atomic E-state index is 13.2. The van der Waals surface area contributed by atoms with Crippen LogP contribution in [0.4, 0.5) is 4.39 Å². The van der Waals surface area contributed by atoms with Crippen molar-refractivity contribution in [1.29, 1.82) is 0 Å². The lowest BCUT2D eigenvalue weighted by Crippen LogP contribution is -2.22. The molecule has 1 aromatic carbocycles. The number of carboxylic acid groups (broad SMARTS) is 1. The van der Waals surface area contributed by atoms with E-state index in [-0.39, 0.29) is 23.6 Å². The zero-order valence-electron chi connectivity index (χ0n) is 10.9. The minimum Gasteiger partial charge on any atom is -0.494 e. The van der Waals surface area contributed by atoms with Crippen LogP contribution in [0, 0.1) is 5.82 Å². The van der Waals surface area contributed by atoms with E-state index in [4.69, 9.17) is 9.84 Å². The standard InChI is InChI=1S/C13H11FN2O4S/c1-20-10-4-7(2-3-8(10)14)12(17)15-5-11-16-9(6-21-11)13(18)19/h2-4,6H,5H2,1H3,(H,15,17)(H,18,19). The Balaban J connectivity index is 2.02. The number of halogens is 1. The smallest absolute Gasteiger partial charge is 0.355 e. The minimum atomic E-state index is -1.12. The molecule has 0 saturated heterocycles. The molecule has 0 fully saturated rings. The van der Waals surface area contributed by atoms with E-state index in [0.29, 0.717) is 5.01 Å². The molecule has 1 aromatic heterocycles. The number of hydrogen-bond donors (Lipinski definition) is 2. The highest BCUT2D eigenvalue weighted by Gasteiger charge is 2.12. The van der Waals surface area contributed by atoms with Crippen molar-refractivity contribution < 1.29 is 23.8 Å². The van der Waals surface area contributed by atoms with Crippen LogP contribution in [0.3, 0.4) is 0 Å². The summed E-state index contributed by atoms with van der Waals surface area (Å²) < 4.78 is 18.0. The van der Waals surface area contributed by atoms with Gasteiger partial charge in [0.1, 0.15) is 5.01 Å². The molecule has 0 aliphatic rings. The predicted molar refractivity (Wildman–Crippen MR) is 73.2 cm³/mol. The van der Waals surface area contributed by atoms with Gasteiger partial charge in [0, 0.05) is 10.9 Å². The van der Waals surface area contributed by atoms with Crippen molar-refractivity contribution in [3.8, 4) is 5.75 Å². The van der Waals surface area contributed by atoms with Gasteiger partial charge in [-0.2, -0.15) is 0 Å². The van der Waals surface area contributed by atoms with E-state index in [0.717, 1.165) is 17.4 Å². The normalized spacial score (nSPS) is 10.2. The predicted octanol–water partition coefficient (Wildman–Crippen LogP) is 1.92. The van der Waals surface area contributed by atoms with E-state index in [1.165, 1.54) is 24.6 Å². The monoisotopic (exact) mass is 310 g/mol. The molecule has 6 nitrogen and oxygen atoms in total. The van der Waals surface area contributed by atoms with Crippen LogP contribution >= 0.6 is 11.3 Å². The summed E-state index contributed by atoms with van der Waals surface area (Å²) in [6.45, 7) is 0.0937. The number of nitrogens with zero attached hydrogens (tertiary/aromatic N) is 1. The summed E-state index contributed by atoms with van der Waals surface area (Å²) in [6.07, 6.45) is 0. The fourth-order valence-corrected chi connectivity index (χ4v) is 2.26. The Labute approximate surface area is 123 Å². The van der Waals surface area contributed by atoms with E-state index >= 15 is 0 Å². The van der Waals surface area contributed by atoms with Gasteiger partial charge < -0.3 is 15.2 Å². The summed E-state index contributed by atoms with van der Waals surface area (Å²) in [4.78, 5) is 26.4. The van der Waals surface area contributed by atoms with Crippen LogP contribution in [0.2, 0.25) is 0 Å². The number of hydrogen-bond acceptors (Lipinski definition) is 5. The van der Waals surface area contributed by atoms with Gasteiger partial charge in [0.05, 0.1) is 13.7 Å². The number of benzene rings is 1. The molecule has 21 heavy (non-hydrogen) atoms. The molecule has 0 bridgehead atoms. The van der Waals surface area contributed by atoms with E-state index in [2.05, 4.69) is 10.3 Å². The molecule has 0 saturated carbocycles. The summed E-state index contributed by atoms with van der Waals surface area (Å²) in [7, 11) is 1.31. The second-order valence-corrected chi connectivity index (χ2v) is 4.91. The van der Waals surface area contributed by atoms with Gasteiger partial charge in [-0.15, -0.1) is 11.3 Å². The van der Waals surface area contributed by atoms with E-state index < -0.39 is 17.7 Å². The van der Waals surface area contributed by atoms with Gasteiger partial charge in [0.15, 0.2) is 17.3 Å². The molecule has 0 atom stereocenters. The largest absolute Gasteiger partial charge is 0.494 e. The Kier molecular flexibility index (Phi) is 4.49. The number of carbonyl (C=O) groups excluding carboxylic acids is 1. The summed E-state index contributed by atoms with van der Waals surface area (Å²) in [5.74, 6) is -2.13. The van der Waals surface area contributed by atoms with Gasteiger partial charge in [-0.25, -0.2) is 14.2 Å². The zero-order valence-corrected chi connectivity index (χ0v) is 11.7. The molecule has 0 aliphatic heterocycles. The first-order chi connectivity index (χ1) is 10.0. The lowest BCUT2D eigenvalue weighted by Gasteiger charge is -2.06. The fourth-order valence-electron chi connectivity index (χ4n) is 1.55. The molecule has 2 N–H and O–H groups in total. The van der Waals surface area contributed by atoms with Crippen molar-refractivity contribution in [3.05, 3.63) is 45.7 Å². The molecular formula is C13H11FN2O4S.